The Balaban J connectivity index is 1.73. The molecule has 0 bridgehead atoms. The van der Waals surface area contributed by atoms with Crippen LogP contribution in [0.5, 0.6) is 0 Å². The van der Waals surface area contributed by atoms with E-state index in [1.165, 1.54) is 0 Å². The third kappa shape index (κ3) is 1.90. The Bertz CT molecular complexity index is 960. The summed E-state index contributed by atoms with van der Waals surface area (Å²) < 4.78 is 6.62. The summed E-state index contributed by atoms with van der Waals surface area (Å²) in [5, 5.41) is 9.35. The van der Waals surface area contributed by atoms with Crippen LogP contribution in [-0.2, 0) is 0 Å². The van der Waals surface area contributed by atoms with Crippen molar-refractivity contribution in [3.05, 3.63) is 71.8 Å². The van der Waals surface area contributed by atoms with Gasteiger partial charge in [0.15, 0.2) is 0 Å². The molecule has 12 heteroatoms. The van der Waals surface area contributed by atoms with Crippen molar-refractivity contribution in [1.82, 2.24) is 18.4 Å². The zero-order valence-electron chi connectivity index (χ0n) is 14.9. The molecule has 0 unspecified atom stereocenters. The first kappa shape index (κ1) is 19.0. The molecule has 0 amide bonds. The molecule has 0 radical (unpaired) electrons. The number of hydrazone groups is 2. The van der Waals surface area contributed by atoms with Crippen molar-refractivity contribution in [2.75, 3.05) is 14.1 Å². The number of benzene rings is 2. The fraction of sp³-hybridized carbons (Fsp3) is 0.125. The van der Waals surface area contributed by atoms with Gasteiger partial charge in [0.25, 0.3) is 0 Å². The summed E-state index contributed by atoms with van der Waals surface area (Å²) in [4.78, 5) is 0. The van der Waals surface area contributed by atoms with Gasteiger partial charge in [-0.2, -0.15) is 0 Å². The SMILES string of the molecule is CN1N=C(c2ccccc2)N2P1(Cl)(Cl)N1C(c3ccccc3)=NN(C)P21(Cl)Cl. The number of amidine groups is 2. The van der Waals surface area contributed by atoms with Gasteiger partial charge in [-0.25, -0.2) is 0 Å². The van der Waals surface area contributed by atoms with Gasteiger partial charge in [-0.15, -0.1) is 0 Å². The molecule has 0 spiro atoms. The second-order valence-corrected chi connectivity index (χ2v) is 21.7. The summed E-state index contributed by atoms with van der Waals surface area (Å²) in [5.41, 5.74) is 1.65. The minimum absolute atomic E-state index is 0.543. The molecule has 2 aromatic rings. The summed E-state index contributed by atoms with van der Waals surface area (Å²) in [7, 11) is 3.48. The molecular weight excluding hydrogens is 480 g/mol. The van der Waals surface area contributed by atoms with Crippen molar-refractivity contribution in [3.8, 4) is 0 Å². The van der Waals surface area contributed by atoms with Crippen molar-refractivity contribution >= 4 is 68.2 Å². The molecule has 1 fully saturated rings. The van der Waals surface area contributed by atoms with E-state index in [0.29, 0.717) is 11.7 Å². The molecule has 2 aromatic carbocycles. The Labute approximate surface area is 182 Å². The number of fused-ring (bicyclic) bond motifs is 4. The zero-order valence-corrected chi connectivity index (χ0v) is 19.7. The van der Waals surface area contributed by atoms with Gasteiger partial charge >= 0.3 is 183 Å². The Morgan fingerprint density at radius 3 is 1.25 bits per heavy atom. The van der Waals surface area contributed by atoms with Crippen molar-refractivity contribution < 1.29 is 0 Å². The second-order valence-electron chi connectivity index (χ2n) is 6.71. The standard InChI is InChI=1S/C16H16Cl4N6P2/c1-23-21-15(13-9-5-3-6-10-13)25-27(23,17,18)26-16(14-11-7-4-8-12-14)22-24(2)28(25,26,19)20/h3-12H,1-2H3. The van der Waals surface area contributed by atoms with Crippen molar-refractivity contribution in [1.29, 1.82) is 0 Å². The molecule has 3 aliphatic rings. The van der Waals surface area contributed by atoms with E-state index < -0.39 is 11.5 Å². The number of nitrogens with zero attached hydrogens (tertiary/aromatic N) is 6. The molecule has 6 nitrogen and oxygen atoms in total. The van der Waals surface area contributed by atoms with Crippen molar-refractivity contribution in [2.45, 2.75) is 0 Å². The minimum atomic E-state index is -4.02. The molecular formula is C16H16Cl4N6P2. The Kier molecular flexibility index (Phi) is 3.64. The molecule has 0 N–H and O–H groups in total. The van der Waals surface area contributed by atoms with Crippen LogP contribution in [0.15, 0.2) is 70.9 Å². The van der Waals surface area contributed by atoms with Crippen LogP contribution >= 0.6 is 56.5 Å². The van der Waals surface area contributed by atoms with Crippen LogP contribution in [-0.4, -0.2) is 44.2 Å². The fourth-order valence-corrected chi connectivity index (χ4v) is 27.0. The summed E-state index contributed by atoms with van der Waals surface area (Å²) in [6, 6.07) is 19.2. The average Bonchev–Trinajstić information content (AvgIpc) is 3.00. The quantitative estimate of drug-likeness (QED) is 0.450. The number of hydrogen-bond donors (Lipinski definition) is 0. The molecule has 148 valence electrons. The van der Waals surface area contributed by atoms with Crippen LogP contribution in [0.4, 0.5) is 0 Å². The van der Waals surface area contributed by atoms with Crippen LogP contribution in [0.1, 0.15) is 11.1 Å². The normalized spacial score (nSPS) is 27.9. The fourth-order valence-electron chi connectivity index (χ4n) is 3.75. The van der Waals surface area contributed by atoms with Crippen LogP contribution in [0, 0.1) is 0 Å². The summed E-state index contributed by atoms with van der Waals surface area (Å²) >= 11 is 29.0. The summed E-state index contributed by atoms with van der Waals surface area (Å²) in [5.74, 6) is -6.95. The molecule has 1 saturated heterocycles. The van der Waals surface area contributed by atoms with E-state index in [2.05, 4.69) is 10.2 Å². The second kappa shape index (κ2) is 5.37. The number of hydrogen-bond acceptors (Lipinski definition) is 6. The van der Waals surface area contributed by atoms with E-state index in [-0.39, 0.29) is 0 Å². The van der Waals surface area contributed by atoms with Gasteiger partial charge in [0.05, 0.1) is 0 Å². The average molecular weight is 496 g/mol. The first-order chi connectivity index (χ1) is 13.1. The van der Waals surface area contributed by atoms with E-state index in [1.807, 2.05) is 60.7 Å². The van der Waals surface area contributed by atoms with Gasteiger partial charge < -0.3 is 0 Å². The maximum atomic E-state index is 7.26. The molecule has 0 saturated carbocycles. The van der Waals surface area contributed by atoms with E-state index in [1.54, 1.807) is 32.5 Å². The zero-order chi connectivity index (χ0) is 20.0. The number of halogens is 4. The van der Waals surface area contributed by atoms with Crippen molar-refractivity contribution in [3.63, 3.8) is 0 Å². The molecule has 0 aromatic heterocycles. The van der Waals surface area contributed by atoms with Crippen LogP contribution in [0.25, 0.3) is 0 Å². The number of rotatable bonds is 2. The Morgan fingerprint density at radius 2 is 0.929 bits per heavy atom. The topological polar surface area (TPSA) is 37.7 Å². The van der Waals surface area contributed by atoms with E-state index in [4.69, 9.17) is 45.0 Å². The Morgan fingerprint density at radius 1 is 0.607 bits per heavy atom. The first-order valence-corrected chi connectivity index (χ1v) is 16.2. The predicted molar refractivity (Wildman–Crippen MR) is 122 cm³/mol. The molecule has 3 aliphatic heterocycles. The van der Waals surface area contributed by atoms with E-state index in [0.717, 1.165) is 11.1 Å². The molecule has 28 heavy (non-hydrogen) atoms. The molecule has 0 atom stereocenters. The molecule has 3 heterocycles. The van der Waals surface area contributed by atoms with Gasteiger partial charge in [0.2, 0.25) is 0 Å². The summed E-state index contributed by atoms with van der Waals surface area (Å²) in [6.45, 7) is 0. The molecule has 0 aliphatic carbocycles. The third-order valence-electron chi connectivity index (χ3n) is 5.13. The van der Waals surface area contributed by atoms with Crippen LogP contribution in [0.3, 0.4) is 0 Å². The predicted octanol–water partition coefficient (Wildman–Crippen LogP) is 6.43. The van der Waals surface area contributed by atoms with Gasteiger partial charge in [-0.05, 0) is 0 Å². The monoisotopic (exact) mass is 494 g/mol. The van der Waals surface area contributed by atoms with E-state index >= 15 is 0 Å². The summed E-state index contributed by atoms with van der Waals surface area (Å²) in [6.07, 6.45) is 0. The van der Waals surface area contributed by atoms with Gasteiger partial charge in [-0.3, -0.25) is 0 Å². The van der Waals surface area contributed by atoms with Gasteiger partial charge in [0, 0.05) is 0 Å². The van der Waals surface area contributed by atoms with E-state index in [9.17, 15) is 0 Å². The van der Waals surface area contributed by atoms with Gasteiger partial charge in [0.1, 0.15) is 0 Å². The van der Waals surface area contributed by atoms with Crippen LogP contribution < -0.4 is 0 Å². The first-order valence-electron chi connectivity index (χ1n) is 8.39. The van der Waals surface area contributed by atoms with Crippen LogP contribution in [0.2, 0.25) is 0 Å². The van der Waals surface area contributed by atoms with Crippen molar-refractivity contribution in [2.24, 2.45) is 10.2 Å². The Hall–Kier alpha value is -1.000. The van der Waals surface area contributed by atoms with Gasteiger partial charge in [-0.1, -0.05) is 0 Å². The third-order valence-corrected chi connectivity index (χ3v) is 23.3. The molecule has 5 rings (SSSR count). The maximum absolute atomic E-state index is 7.26.